The zero-order chi connectivity index (χ0) is 6.85. The Labute approximate surface area is 64.8 Å². The highest BCUT2D eigenvalue weighted by molar-refractivity contribution is 9.11. The van der Waals surface area contributed by atoms with Crippen LogP contribution in [0.2, 0.25) is 0 Å². The fourth-order valence-electron chi connectivity index (χ4n) is 0.928. The summed E-state index contributed by atoms with van der Waals surface area (Å²) in [6, 6.07) is 0. The van der Waals surface area contributed by atoms with E-state index in [0.717, 1.165) is 6.42 Å². The minimum atomic E-state index is 0.610. The van der Waals surface area contributed by atoms with E-state index in [1.807, 2.05) is 0 Å². The lowest BCUT2D eigenvalue weighted by molar-refractivity contribution is 0.824. The maximum Gasteiger partial charge on any atom is 0.00802 e. The third-order valence-electron chi connectivity index (χ3n) is 1.85. The molecule has 1 aliphatic carbocycles. The fourth-order valence-corrected chi connectivity index (χ4v) is 1.48. The number of halogens is 1. The van der Waals surface area contributed by atoms with Crippen molar-refractivity contribution in [2.75, 3.05) is 0 Å². The van der Waals surface area contributed by atoms with Gasteiger partial charge in [0.05, 0.1) is 0 Å². The number of hydrogen-bond donors (Lipinski definition) is 0. The molecule has 1 aliphatic rings. The van der Waals surface area contributed by atoms with Gasteiger partial charge >= 0.3 is 0 Å². The smallest absolute Gasteiger partial charge is 0.00802 e. The van der Waals surface area contributed by atoms with Crippen LogP contribution in [0.1, 0.15) is 20.3 Å². The zero-order valence-corrected chi connectivity index (χ0v) is 7.40. The molecule has 1 unspecified atom stereocenters. The van der Waals surface area contributed by atoms with E-state index in [1.165, 1.54) is 10.1 Å². The molecule has 1 heteroatoms. The van der Waals surface area contributed by atoms with Gasteiger partial charge in [0.25, 0.3) is 0 Å². The van der Waals surface area contributed by atoms with Crippen molar-refractivity contribution >= 4 is 15.9 Å². The fraction of sp³-hybridized carbons (Fsp3) is 0.500. The molecule has 1 rings (SSSR count). The number of rotatable bonds is 0. The van der Waals surface area contributed by atoms with Gasteiger partial charge in [0, 0.05) is 5.92 Å². The van der Waals surface area contributed by atoms with Crippen LogP contribution in [-0.4, -0.2) is 0 Å². The Morgan fingerprint density at radius 2 is 2.22 bits per heavy atom. The SMILES string of the molecule is CC1=CCC=C(Br)C1C. The molecule has 0 aromatic carbocycles. The third-order valence-corrected chi connectivity index (χ3v) is 2.86. The first-order chi connectivity index (χ1) is 4.22. The quantitative estimate of drug-likeness (QED) is 0.510. The Hall–Kier alpha value is -0.0400. The second kappa shape index (κ2) is 2.70. The van der Waals surface area contributed by atoms with Crippen LogP contribution in [0.15, 0.2) is 22.2 Å². The molecule has 0 amide bonds. The van der Waals surface area contributed by atoms with Crippen molar-refractivity contribution in [2.24, 2.45) is 5.92 Å². The molecule has 0 radical (unpaired) electrons. The first-order valence-electron chi connectivity index (χ1n) is 3.24. The highest BCUT2D eigenvalue weighted by Gasteiger charge is 2.09. The average molecular weight is 187 g/mol. The summed E-state index contributed by atoms with van der Waals surface area (Å²) in [6.45, 7) is 4.39. The largest absolute Gasteiger partial charge is 0.0812 e. The van der Waals surface area contributed by atoms with E-state index in [2.05, 4.69) is 41.9 Å². The molecule has 0 bridgehead atoms. The maximum absolute atomic E-state index is 3.51. The highest BCUT2D eigenvalue weighted by atomic mass is 79.9. The van der Waals surface area contributed by atoms with Gasteiger partial charge in [0.1, 0.15) is 0 Å². The summed E-state index contributed by atoms with van der Waals surface area (Å²) in [7, 11) is 0. The van der Waals surface area contributed by atoms with Crippen molar-refractivity contribution in [3.05, 3.63) is 22.2 Å². The minimum absolute atomic E-state index is 0.610. The lowest BCUT2D eigenvalue weighted by Gasteiger charge is -2.15. The van der Waals surface area contributed by atoms with E-state index < -0.39 is 0 Å². The summed E-state index contributed by atoms with van der Waals surface area (Å²) >= 11 is 3.51. The zero-order valence-electron chi connectivity index (χ0n) is 5.82. The Balaban J connectivity index is 2.74. The molecule has 0 aromatic heterocycles. The molecule has 0 heterocycles. The second-order valence-corrected chi connectivity index (χ2v) is 3.41. The summed E-state index contributed by atoms with van der Waals surface area (Å²) in [5, 5.41) is 0. The molecule has 0 aliphatic heterocycles. The van der Waals surface area contributed by atoms with Crippen molar-refractivity contribution in [1.29, 1.82) is 0 Å². The monoisotopic (exact) mass is 186 g/mol. The van der Waals surface area contributed by atoms with Crippen LogP contribution in [0.3, 0.4) is 0 Å². The van der Waals surface area contributed by atoms with Gasteiger partial charge in [-0.2, -0.15) is 0 Å². The minimum Gasteiger partial charge on any atom is -0.0812 e. The van der Waals surface area contributed by atoms with Gasteiger partial charge in [0.2, 0.25) is 0 Å². The van der Waals surface area contributed by atoms with Crippen LogP contribution in [0.5, 0.6) is 0 Å². The molecular formula is C8H11Br. The van der Waals surface area contributed by atoms with Gasteiger partial charge in [-0.3, -0.25) is 0 Å². The molecule has 0 saturated heterocycles. The first kappa shape index (κ1) is 7.07. The summed E-state index contributed by atoms with van der Waals surface area (Å²) in [5.74, 6) is 0.610. The Morgan fingerprint density at radius 1 is 1.56 bits per heavy atom. The molecular weight excluding hydrogens is 176 g/mol. The van der Waals surface area contributed by atoms with Crippen molar-refractivity contribution in [2.45, 2.75) is 20.3 Å². The van der Waals surface area contributed by atoms with E-state index in [0.29, 0.717) is 5.92 Å². The van der Waals surface area contributed by atoms with Crippen LogP contribution >= 0.6 is 15.9 Å². The van der Waals surface area contributed by atoms with Gasteiger partial charge in [-0.15, -0.1) is 0 Å². The average Bonchev–Trinajstić information content (AvgIpc) is 1.83. The van der Waals surface area contributed by atoms with Crippen LogP contribution in [0.25, 0.3) is 0 Å². The van der Waals surface area contributed by atoms with E-state index in [1.54, 1.807) is 0 Å². The standard InChI is InChI=1S/C8H11Br/c1-6-4-3-5-8(9)7(6)2/h4-5,7H,3H2,1-2H3. The van der Waals surface area contributed by atoms with Crippen LogP contribution in [-0.2, 0) is 0 Å². The number of allylic oxidation sites excluding steroid dienone is 4. The Bertz CT molecular complexity index is 147. The van der Waals surface area contributed by atoms with E-state index in [4.69, 9.17) is 0 Å². The molecule has 0 aromatic rings. The van der Waals surface area contributed by atoms with E-state index in [9.17, 15) is 0 Å². The van der Waals surface area contributed by atoms with Crippen molar-refractivity contribution in [3.63, 3.8) is 0 Å². The first-order valence-corrected chi connectivity index (χ1v) is 4.03. The van der Waals surface area contributed by atoms with E-state index in [-0.39, 0.29) is 0 Å². The van der Waals surface area contributed by atoms with Crippen LogP contribution in [0, 0.1) is 5.92 Å². The Kier molecular flexibility index (Phi) is 2.12. The molecule has 0 N–H and O–H groups in total. The maximum atomic E-state index is 3.51. The number of hydrogen-bond acceptors (Lipinski definition) is 0. The summed E-state index contributed by atoms with van der Waals surface area (Å²) in [4.78, 5) is 0. The molecule has 50 valence electrons. The van der Waals surface area contributed by atoms with Gasteiger partial charge < -0.3 is 0 Å². The van der Waals surface area contributed by atoms with Crippen molar-refractivity contribution in [1.82, 2.24) is 0 Å². The van der Waals surface area contributed by atoms with Gasteiger partial charge in [-0.25, -0.2) is 0 Å². The van der Waals surface area contributed by atoms with Gasteiger partial charge in [-0.05, 0) is 17.8 Å². The molecule has 1 atom stereocenters. The third kappa shape index (κ3) is 1.45. The molecule has 0 fully saturated rings. The Morgan fingerprint density at radius 3 is 2.67 bits per heavy atom. The van der Waals surface area contributed by atoms with Gasteiger partial charge in [0.15, 0.2) is 0 Å². The normalized spacial score (nSPS) is 27.2. The summed E-state index contributed by atoms with van der Waals surface area (Å²) < 4.78 is 1.34. The molecule has 9 heavy (non-hydrogen) atoms. The predicted molar refractivity (Wildman–Crippen MR) is 44.5 cm³/mol. The molecule has 0 saturated carbocycles. The molecule has 0 spiro atoms. The highest BCUT2D eigenvalue weighted by Crippen LogP contribution is 2.28. The second-order valence-electron chi connectivity index (χ2n) is 2.49. The lowest BCUT2D eigenvalue weighted by Crippen LogP contribution is -1.99. The van der Waals surface area contributed by atoms with Gasteiger partial charge in [-0.1, -0.05) is 40.6 Å². The lowest BCUT2D eigenvalue weighted by atomic mass is 9.97. The summed E-state index contributed by atoms with van der Waals surface area (Å²) in [6.07, 6.45) is 5.59. The van der Waals surface area contributed by atoms with Crippen molar-refractivity contribution < 1.29 is 0 Å². The predicted octanol–water partition coefficient (Wildman–Crippen LogP) is 3.25. The molecule has 0 nitrogen and oxygen atoms in total. The topological polar surface area (TPSA) is 0 Å². The van der Waals surface area contributed by atoms with Crippen LogP contribution < -0.4 is 0 Å². The summed E-state index contributed by atoms with van der Waals surface area (Å²) in [5.41, 5.74) is 1.48. The van der Waals surface area contributed by atoms with E-state index >= 15 is 0 Å². The van der Waals surface area contributed by atoms with Crippen molar-refractivity contribution in [3.8, 4) is 0 Å². The van der Waals surface area contributed by atoms with Crippen LogP contribution in [0.4, 0.5) is 0 Å².